The van der Waals surface area contributed by atoms with E-state index in [9.17, 15) is 18.0 Å². The molecule has 1 saturated heterocycles. The molecule has 1 N–H and O–H groups in total. The van der Waals surface area contributed by atoms with Gasteiger partial charge in [0.2, 0.25) is 11.8 Å². The summed E-state index contributed by atoms with van der Waals surface area (Å²) >= 11 is 0. The minimum absolute atomic E-state index is 0.0228. The third-order valence-electron chi connectivity index (χ3n) is 5.36. The summed E-state index contributed by atoms with van der Waals surface area (Å²) < 4.78 is 27.0. The number of carbonyl (C=O) groups excluding carboxylic acids is 2. The topological polar surface area (TPSA) is 83.6 Å². The largest absolute Gasteiger partial charge is 0.324 e. The summed E-state index contributed by atoms with van der Waals surface area (Å²) in [4.78, 5) is 25.3. The molecule has 1 heterocycles. The van der Waals surface area contributed by atoms with Crippen LogP contribution in [0.25, 0.3) is 0 Å². The Morgan fingerprint density at radius 3 is 2.43 bits per heavy atom. The summed E-state index contributed by atoms with van der Waals surface area (Å²) in [5, 5.41) is 2.79. The first kappa shape index (κ1) is 20.1. The third-order valence-corrected chi connectivity index (χ3v) is 7.19. The average Bonchev–Trinajstić information content (AvgIpc) is 3.03. The van der Waals surface area contributed by atoms with Crippen LogP contribution in [0.1, 0.15) is 35.1 Å². The number of aryl methyl sites for hydroxylation is 3. The number of sulfonamides is 1. The van der Waals surface area contributed by atoms with Crippen molar-refractivity contribution in [1.82, 2.24) is 4.31 Å². The van der Waals surface area contributed by atoms with Crippen molar-refractivity contribution in [2.24, 2.45) is 0 Å². The molecule has 0 aromatic heterocycles. The van der Waals surface area contributed by atoms with Gasteiger partial charge in [0.05, 0.1) is 4.90 Å². The quantitative estimate of drug-likeness (QED) is 0.854. The van der Waals surface area contributed by atoms with Crippen LogP contribution in [-0.2, 0) is 19.6 Å². The zero-order chi connectivity index (χ0) is 20.6. The van der Waals surface area contributed by atoms with Crippen LogP contribution in [0.3, 0.4) is 0 Å². The van der Waals surface area contributed by atoms with Crippen LogP contribution < -0.4 is 5.32 Å². The fourth-order valence-electron chi connectivity index (χ4n) is 3.29. The molecule has 28 heavy (non-hydrogen) atoms. The van der Waals surface area contributed by atoms with Gasteiger partial charge in [-0.3, -0.25) is 9.59 Å². The van der Waals surface area contributed by atoms with Gasteiger partial charge in [-0.25, -0.2) is 12.7 Å². The van der Waals surface area contributed by atoms with Crippen LogP contribution in [0.4, 0.5) is 5.69 Å². The Labute approximate surface area is 165 Å². The molecule has 0 radical (unpaired) electrons. The molecule has 1 unspecified atom stereocenters. The Bertz CT molecular complexity index is 1060. The van der Waals surface area contributed by atoms with Crippen LogP contribution in [0.5, 0.6) is 0 Å². The predicted octanol–water partition coefficient (Wildman–Crippen LogP) is 3.24. The number of nitrogens with one attached hydrogen (secondary N) is 1. The highest BCUT2D eigenvalue weighted by atomic mass is 32.2. The van der Waals surface area contributed by atoms with Gasteiger partial charge in [-0.1, -0.05) is 18.2 Å². The van der Waals surface area contributed by atoms with E-state index in [1.54, 1.807) is 12.1 Å². The van der Waals surface area contributed by atoms with Crippen molar-refractivity contribution in [2.75, 3.05) is 5.32 Å². The number of nitrogens with zero attached hydrogens (tertiary/aromatic N) is 1. The molecule has 1 aliphatic heterocycles. The molecule has 0 bridgehead atoms. The first-order valence-corrected chi connectivity index (χ1v) is 10.6. The molecule has 0 spiro atoms. The monoisotopic (exact) mass is 400 g/mol. The average molecular weight is 401 g/mol. The lowest BCUT2D eigenvalue weighted by atomic mass is 10.1. The second-order valence-electron chi connectivity index (χ2n) is 7.23. The van der Waals surface area contributed by atoms with Crippen molar-refractivity contribution in [2.45, 2.75) is 51.5 Å². The van der Waals surface area contributed by atoms with Gasteiger partial charge in [0.15, 0.2) is 0 Å². The molecule has 148 valence electrons. The Balaban J connectivity index is 1.93. The van der Waals surface area contributed by atoms with E-state index in [1.807, 2.05) is 39.8 Å². The van der Waals surface area contributed by atoms with Gasteiger partial charge >= 0.3 is 0 Å². The summed E-state index contributed by atoms with van der Waals surface area (Å²) in [6, 6.07) is 9.17. The Morgan fingerprint density at radius 2 is 1.75 bits per heavy atom. The summed E-state index contributed by atoms with van der Waals surface area (Å²) in [5.41, 5.74) is 4.30. The highest BCUT2D eigenvalue weighted by Gasteiger charge is 2.44. The zero-order valence-corrected chi connectivity index (χ0v) is 17.3. The second-order valence-corrected chi connectivity index (χ2v) is 9.05. The van der Waals surface area contributed by atoms with Gasteiger partial charge in [-0.15, -0.1) is 0 Å². The lowest BCUT2D eigenvalue weighted by molar-refractivity contribution is -0.128. The number of rotatable bonds is 4. The molecule has 1 aliphatic rings. The lowest BCUT2D eigenvalue weighted by Gasteiger charge is -2.24. The Morgan fingerprint density at radius 1 is 1.04 bits per heavy atom. The third kappa shape index (κ3) is 3.54. The van der Waals surface area contributed by atoms with Crippen molar-refractivity contribution in [3.63, 3.8) is 0 Å². The maximum absolute atomic E-state index is 13.1. The number of amides is 2. The number of carbonyl (C=O) groups is 2. The minimum atomic E-state index is -4.11. The molecular weight excluding hydrogens is 376 g/mol. The molecule has 0 saturated carbocycles. The van der Waals surface area contributed by atoms with Crippen molar-refractivity contribution in [3.05, 3.63) is 58.7 Å². The summed E-state index contributed by atoms with van der Waals surface area (Å²) in [7, 11) is -4.11. The van der Waals surface area contributed by atoms with E-state index in [2.05, 4.69) is 5.32 Å². The van der Waals surface area contributed by atoms with Gasteiger partial charge in [0.1, 0.15) is 6.04 Å². The van der Waals surface area contributed by atoms with E-state index in [4.69, 9.17) is 0 Å². The highest BCUT2D eigenvalue weighted by Crippen LogP contribution is 2.29. The molecule has 6 nitrogen and oxygen atoms in total. The van der Waals surface area contributed by atoms with Gasteiger partial charge in [-0.05, 0) is 74.6 Å². The fourth-order valence-corrected chi connectivity index (χ4v) is 4.98. The molecular formula is C21H24N2O4S. The van der Waals surface area contributed by atoms with E-state index in [-0.39, 0.29) is 17.7 Å². The molecule has 7 heteroatoms. The predicted molar refractivity (Wildman–Crippen MR) is 108 cm³/mol. The standard InChI is InChI=1S/C21H24N2O4S/c1-13-8-9-17(12-15(13)3)28(26,27)23-19(10-11-20(23)24)21(25)22-18-7-5-6-14(2)16(18)4/h5-9,12,19H,10-11H2,1-4H3,(H,22,25). The smallest absolute Gasteiger partial charge is 0.267 e. The summed E-state index contributed by atoms with van der Waals surface area (Å²) in [5.74, 6) is -1.05. The Kier molecular flexibility index (Phi) is 5.30. The van der Waals surface area contributed by atoms with Crippen molar-refractivity contribution in [1.29, 1.82) is 0 Å². The van der Waals surface area contributed by atoms with E-state index in [0.29, 0.717) is 5.69 Å². The second kappa shape index (κ2) is 7.39. The van der Waals surface area contributed by atoms with Crippen LogP contribution in [0, 0.1) is 27.7 Å². The van der Waals surface area contributed by atoms with Crippen LogP contribution in [0.2, 0.25) is 0 Å². The summed E-state index contributed by atoms with van der Waals surface area (Å²) in [6.45, 7) is 7.51. The first-order chi connectivity index (χ1) is 13.1. The number of hydrogen-bond acceptors (Lipinski definition) is 4. The fraction of sp³-hybridized carbons (Fsp3) is 0.333. The van der Waals surface area contributed by atoms with Crippen molar-refractivity contribution in [3.8, 4) is 0 Å². The van der Waals surface area contributed by atoms with Crippen LogP contribution >= 0.6 is 0 Å². The normalized spacial score (nSPS) is 17.1. The van der Waals surface area contributed by atoms with Gasteiger partial charge in [0, 0.05) is 12.1 Å². The molecule has 2 aromatic rings. The number of benzene rings is 2. The van der Waals surface area contributed by atoms with Gasteiger partial charge in [-0.2, -0.15) is 0 Å². The van der Waals surface area contributed by atoms with E-state index in [1.165, 1.54) is 12.1 Å². The highest BCUT2D eigenvalue weighted by molar-refractivity contribution is 7.89. The summed E-state index contributed by atoms with van der Waals surface area (Å²) in [6.07, 6.45) is 0.189. The van der Waals surface area contributed by atoms with E-state index < -0.39 is 27.9 Å². The van der Waals surface area contributed by atoms with Crippen LogP contribution in [0.15, 0.2) is 41.3 Å². The SMILES string of the molecule is Cc1ccc(S(=O)(=O)N2C(=O)CCC2C(=O)Nc2cccc(C)c2C)cc1C. The molecule has 3 rings (SSSR count). The maximum Gasteiger partial charge on any atom is 0.267 e. The minimum Gasteiger partial charge on any atom is -0.324 e. The van der Waals surface area contributed by atoms with E-state index >= 15 is 0 Å². The number of anilines is 1. The van der Waals surface area contributed by atoms with Crippen molar-refractivity contribution < 1.29 is 18.0 Å². The van der Waals surface area contributed by atoms with Gasteiger partial charge < -0.3 is 5.32 Å². The molecule has 2 amide bonds. The van der Waals surface area contributed by atoms with E-state index in [0.717, 1.165) is 26.6 Å². The molecule has 1 fully saturated rings. The molecule has 1 atom stereocenters. The molecule has 0 aliphatic carbocycles. The Hall–Kier alpha value is -2.67. The van der Waals surface area contributed by atoms with Crippen LogP contribution in [-0.4, -0.2) is 30.6 Å². The van der Waals surface area contributed by atoms with Gasteiger partial charge in [0.25, 0.3) is 10.0 Å². The number of hydrogen-bond donors (Lipinski definition) is 1. The maximum atomic E-state index is 13.1. The molecule has 2 aromatic carbocycles. The van der Waals surface area contributed by atoms with Crippen molar-refractivity contribution >= 4 is 27.5 Å². The lowest BCUT2D eigenvalue weighted by Crippen LogP contribution is -2.45. The zero-order valence-electron chi connectivity index (χ0n) is 16.4. The first-order valence-electron chi connectivity index (χ1n) is 9.14.